The summed E-state index contributed by atoms with van der Waals surface area (Å²) in [6, 6.07) is 16.9. The summed E-state index contributed by atoms with van der Waals surface area (Å²) in [5.41, 5.74) is 9.45. The molecule has 2 nitrogen and oxygen atoms in total. The minimum Gasteiger partial charge on any atom is -0.399 e. The van der Waals surface area contributed by atoms with Crippen molar-refractivity contribution >= 4 is 27.3 Å². The van der Waals surface area contributed by atoms with Gasteiger partial charge in [0.2, 0.25) is 0 Å². The molecule has 2 N–H and O–H groups in total. The van der Waals surface area contributed by atoms with Gasteiger partial charge in [0, 0.05) is 34.9 Å². The van der Waals surface area contributed by atoms with Gasteiger partial charge in [-0.05, 0) is 54.8 Å². The summed E-state index contributed by atoms with van der Waals surface area (Å²) < 4.78 is 1.13. The largest absolute Gasteiger partial charge is 0.399 e. The van der Waals surface area contributed by atoms with E-state index in [1.54, 1.807) is 0 Å². The zero-order valence-corrected chi connectivity index (χ0v) is 13.0. The zero-order valence-electron chi connectivity index (χ0n) is 11.4. The van der Waals surface area contributed by atoms with E-state index in [1.165, 1.54) is 24.1 Å². The van der Waals surface area contributed by atoms with E-state index < -0.39 is 0 Å². The molecule has 0 bridgehead atoms. The number of benzene rings is 2. The van der Waals surface area contributed by atoms with E-state index in [0.29, 0.717) is 5.92 Å². The summed E-state index contributed by atoms with van der Waals surface area (Å²) in [6.45, 7) is 2.21. The SMILES string of the molecule is Nc1cccc(C2CCCN(c3ccc(Br)cc3)C2)c1. The average Bonchev–Trinajstić information content (AvgIpc) is 2.48. The molecule has 2 aromatic carbocycles. The third-order valence-electron chi connectivity index (χ3n) is 4.00. The molecule has 3 rings (SSSR count). The van der Waals surface area contributed by atoms with Crippen LogP contribution < -0.4 is 10.6 Å². The van der Waals surface area contributed by atoms with Crippen LogP contribution >= 0.6 is 15.9 Å². The summed E-state index contributed by atoms with van der Waals surface area (Å²) >= 11 is 3.49. The Morgan fingerprint density at radius 1 is 1.10 bits per heavy atom. The molecule has 2 aromatic rings. The minimum atomic E-state index is 0.580. The molecule has 1 fully saturated rings. The fourth-order valence-corrected chi connectivity index (χ4v) is 3.21. The highest BCUT2D eigenvalue weighted by Gasteiger charge is 2.21. The summed E-state index contributed by atoms with van der Waals surface area (Å²) in [5, 5.41) is 0. The van der Waals surface area contributed by atoms with Crippen LogP contribution in [0.4, 0.5) is 11.4 Å². The predicted octanol–water partition coefficient (Wildman–Crippen LogP) is 4.42. The van der Waals surface area contributed by atoms with Crippen LogP contribution in [0, 0.1) is 0 Å². The van der Waals surface area contributed by atoms with E-state index >= 15 is 0 Å². The van der Waals surface area contributed by atoms with Gasteiger partial charge in [0.15, 0.2) is 0 Å². The van der Waals surface area contributed by atoms with Crippen molar-refractivity contribution in [2.45, 2.75) is 18.8 Å². The lowest BCUT2D eigenvalue weighted by molar-refractivity contribution is 0.510. The summed E-state index contributed by atoms with van der Waals surface area (Å²) in [6.07, 6.45) is 2.48. The zero-order chi connectivity index (χ0) is 13.9. The molecule has 0 radical (unpaired) electrons. The van der Waals surface area contributed by atoms with Gasteiger partial charge in [-0.25, -0.2) is 0 Å². The molecule has 0 saturated carbocycles. The third kappa shape index (κ3) is 2.98. The minimum absolute atomic E-state index is 0.580. The molecule has 3 heteroatoms. The number of hydrogen-bond donors (Lipinski definition) is 1. The normalized spacial score (nSPS) is 19.1. The first-order valence-electron chi connectivity index (χ1n) is 7.08. The molecule has 0 spiro atoms. The number of anilines is 2. The highest BCUT2D eigenvalue weighted by atomic mass is 79.9. The third-order valence-corrected chi connectivity index (χ3v) is 4.52. The van der Waals surface area contributed by atoms with Gasteiger partial charge in [-0.15, -0.1) is 0 Å². The van der Waals surface area contributed by atoms with Crippen LogP contribution in [0.2, 0.25) is 0 Å². The van der Waals surface area contributed by atoms with E-state index in [0.717, 1.165) is 23.2 Å². The van der Waals surface area contributed by atoms with Crippen LogP contribution in [0.15, 0.2) is 53.0 Å². The van der Waals surface area contributed by atoms with Crippen LogP contribution in [0.1, 0.15) is 24.3 Å². The van der Waals surface area contributed by atoms with Crippen LogP contribution in [0.25, 0.3) is 0 Å². The van der Waals surface area contributed by atoms with Gasteiger partial charge in [0.05, 0.1) is 0 Å². The molecular weight excluding hydrogens is 312 g/mol. The Bertz CT molecular complexity index is 580. The fraction of sp³-hybridized carbons (Fsp3) is 0.294. The molecule has 1 heterocycles. The van der Waals surface area contributed by atoms with Crippen LogP contribution in [-0.2, 0) is 0 Å². The molecule has 1 saturated heterocycles. The van der Waals surface area contributed by atoms with Crippen molar-refractivity contribution in [1.82, 2.24) is 0 Å². The van der Waals surface area contributed by atoms with E-state index in [9.17, 15) is 0 Å². The van der Waals surface area contributed by atoms with Crippen LogP contribution in [-0.4, -0.2) is 13.1 Å². The van der Waals surface area contributed by atoms with Crippen molar-refractivity contribution in [1.29, 1.82) is 0 Å². The standard InChI is InChI=1S/C17H19BrN2/c18-15-6-8-17(9-7-15)20-10-2-4-14(12-20)13-3-1-5-16(19)11-13/h1,3,5-9,11,14H,2,4,10,12,19H2. The van der Waals surface area contributed by atoms with Gasteiger partial charge < -0.3 is 10.6 Å². The fourth-order valence-electron chi connectivity index (χ4n) is 2.95. The Labute approximate surface area is 128 Å². The molecule has 20 heavy (non-hydrogen) atoms. The van der Waals surface area contributed by atoms with Crippen molar-refractivity contribution < 1.29 is 0 Å². The van der Waals surface area contributed by atoms with Crippen molar-refractivity contribution in [2.75, 3.05) is 23.7 Å². The highest BCUT2D eigenvalue weighted by Crippen LogP contribution is 2.31. The number of piperidine rings is 1. The monoisotopic (exact) mass is 330 g/mol. The molecule has 1 unspecified atom stereocenters. The summed E-state index contributed by atoms with van der Waals surface area (Å²) in [5.74, 6) is 0.580. The van der Waals surface area contributed by atoms with Gasteiger partial charge in [0.25, 0.3) is 0 Å². The molecule has 0 amide bonds. The number of nitrogens with two attached hydrogens (primary N) is 1. The van der Waals surface area contributed by atoms with Gasteiger partial charge in [-0.3, -0.25) is 0 Å². The van der Waals surface area contributed by atoms with Crippen molar-refractivity contribution in [3.05, 3.63) is 58.6 Å². The first kappa shape index (κ1) is 13.5. The summed E-state index contributed by atoms with van der Waals surface area (Å²) in [4.78, 5) is 2.48. The lowest BCUT2D eigenvalue weighted by Gasteiger charge is -2.34. The molecule has 1 aliphatic heterocycles. The number of halogens is 1. The van der Waals surface area contributed by atoms with Crippen LogP contribution in [0.3, 0.4) is 0 Å². The van der Waals surface area contributed by atoms with Gasteiger partial charge in [-0.2, -0.15) is 0 Å². The average molecular weight is 331 g/mol. The summed E-state index contributed by atoms with van der Waals surface area (Å²) in [7, 11) is 0. The first-order chi connectivity index (χ1) is 9.72. The maximum atomic E-state index is 5.91. The van der Waals surface area contributed by atoms with Gasteiger partial charge in [-0.1, -0.05) is 28.1 Å². The second kappa shape index (κ2) is 5.88. The topological polar surface area (TPSA) is 29.3 Å². The second-order valence-corrected chi connectivity index (χ2v) is 6.35. The molecule has 1 aliphatic rings. The first-order valence-corrected chi connectivity index (χ1v) is 7.87. The quantitative estimate of drug-likeness (QED) is 0.826. The Morgan fingerprint density at radius 3 is 2.65 bits per heavy atom. The molecule has 104 valence electrons. The van der Waals surface area contributed by atoms with Crippen LogP contribution in [0.5, 0.6) is 0 Å². The Balaban J connectivity index is 1.78. The lowest BCUT2D eigenvalue weighted by atomic mass is 9.90. The molecular formula is C17H19BrN2. The predicted molar refractivity (Wildman–Crippen MR) is 89.2 cm³/mol. The van der Waals surface area contributed by atoms with Crippen molar-refractivity contribution in [3.8, 4) is 0 Å². The number of nitrogen functional groups attached to an aromatic ring is 1. The highest BCUT2D eigenvalue weighted by molar-refractivity contribution is 9.10. The second-order valence-electron chi connectivity index (χ2n) is 5.43. The van der Waals surface area contributed by atoms with E-state index in [4.69, 9.17) is 5.73 Å². The van der Waals surface area contributed by atoms with Crippen molar-refractivity contribution in [3.63, 3.8) is 0 Å². The Hall–Kier alpha value is -1.48. The molecule has 1 atom stereocenters. The number of hydrogen-bond acceptors (Lipinski definition) is 2. The maximum absolute atomic E-state index is 5.91. The Kier molecular flexibility index (Phi) is 3.97. The van der Waals surface area contributed by atoms with Gasteiger partial charge >= 0.3 is 0 Å². The van der Waals surface area contributed by atoms with E-state index in [1.807, 2.05) is 6.07 Å². The lowest BCUT2D eigenvalue weighted by Crippen LogP contribution is -2.34. The molecule has 0 aliphatic carbocycles. The Morgan fingerprint density at radius 2 is 1.90 bits per heavy atom. The number of nitrogens with zero attached hydrogens (tertiary/aromatic N) is 1. The van der Waals surface area contributed by atoms with Crippen molar-refractivity contribution in [2.24, 2.45) is 0 Å². The molecule has 0 aromatic heterocycles. The maximum Gasteiger partial charge on any atom is 0.0367 e. The van der Waals surface area contributed by atoms with E-state index in [-0.39, 0.29) is 0 Å². The van der Waals surface area contributed by atoms with E-state index in [2.05, 4.69) is 63.3 Å². The smallest absolute Gasteiger partial charge is 0.0367 e. The van der Waals surface area contributed by atoms with Gasteiger partial charge in [0.1, 0.15) is 0 Å². The number of rotatable bonds is 2.